The van der Waals surface area contributed by atoms with Crippen LogP contribution in [0.25, 0.3) is 0 Å². The van der Waals surface area contributed by atoms with Crippen molar-refractivity contribution in [2.45, 2.75) is 46.2 Å². The molecule has 0 spiro atoms. The summed E-state index contributed by atoms with van der Waals surface area (Å²) in [7, 11) is 0. The van der Waals surface area contributed by atoms with Crippen LogP contribution in [0, 0.1) is 0 Å². The molecule has 0 radical (unpaired) electrons. The normalized spacial score (nSPS) is 42.2. The summed E-state index contributed by atoms with van der Waals surface area (Å²) in [5, 5.41) is 0. The van der Waals surface area contributed by atoms with Gasteiger partial charge in [-0.1, -0.05) is 52.5 Å². The van der Waals surface area contributed by atoms with Gasteiger partial charge in [0.1, 0.15) is 11.7 Å². The van der Waals surface area contributed by atoms with Crippen molar-refractivity contribution in [1.82, 2.24) is 0 Å². The van der Waals surface area contributed by atoms with Crippen molar-refractivity contribution < 1.29 is 14.3 Å². The largest absolute Gasteiger partial charge is 0.373 e. The summed E-state index contributed by atoms with van der Waals surface area (Å²) in [6, 6.07) is 0. The van der Waals surface area contributed by atoms with Crippen LogP contribution in [0.1, 0.15) is 19.8 Å². The van der Waals surface area contributed by atoms with Crippen molar-refractivity contribution in [1.29, 1.82) is 0 Å². The molecule has 3 heterocycles. The van der Waals surface area contributed by atoms with Gasteiger partial charge in [-0.25, -0.2) is 0 Å². The second kappa shape index (κ2) is 4.25. The third-order valence-electron chi connectivity index (χ3n) is 4.04. The topological polar surface area (TPSA) is 38.8 Å². The minimum absolute atomic E-state index is 0.197. The predicted octanol–water partition coefficient (Wildman–Crippen LogP) is 3.18. The summed E-state index contributed by atoms with van der Waals surface area (Å²) >= 11 is 24.7. The van der Waals surface area contributed by atoms with Crippen LogP contribution in [0.15, 0.2) is 11.6 Å². The first kappa shape index (κ1) is 14.4. The summed E-state index contributed by atoms with van der Waals surface area (Å²) in [6.45, 7) is 2.55. The lowest BCUT2D eigenvalue weighted by Crippen LogP contribution is -2.64. The highest BCUT2D eigenvalue weighted by Gasteiger charge is 2.71. The molecule has 106 valence electrons. The van der Waals surface area contributed by atoms with Crippen molar-refractivity contribution in [3.8, 4) is 0 Å². The van der Waals surface area contributed by atoms with Crippen LogP contribution in [0.5, 0.6) is 0 Å². The molecule has 0 aliphatic carbocycles. The first-order valence-corrected chi connectivity index (χ1v) is 7.52. The van der Waals surface area contributed by atoms with Gasteiger partial charge in [-0.05, 0) is 25.3 Å². The van der Waals surface area contributed by atoms with E-state index < -0.39 is 26.2 Å². The van der Waals surface area contributed by atoms with E-state index in [4.69, 9.17) is 55.9 Å². The molecule has 3 aliphatic heterocycles. The summed E-state index contributed by atoms with van der Waals surface area (Å²) < 4.78 is 7.51. The van der Waals surface area contributed by atoms with Gasteiger partial charge < -0.3 is 9.47 Å². The van der Waals surface area contributed by atoms with Crippen molar-refractivity contribution in [2.75, 3.05) is 6.61 Å². The summed E-state index contributed by atoms with van der Waals surface area (Å²) in [5.74, 6) is -0.618. The SMILES string of the molecule is CC1=CC2OC1(CCC1CO1)C(Cl)(Cl)C(=O)C2(Cl)Cl. The number of hydrogen-bond donors (Lipinski definition) is 0. The number of rotatable bonds is 3. The molecule has 3 aliphatic rings. The van der Waals surface area contributed by atoms with Crippen LogP contribution in [-0.4, -0.2) is 38.9 Å². The maximum Gasteiger partial charge on any atom is 0.211 e. The Morgan fingerprint density at radius 3 is 2.58 bits per heavy atom. The minimum Gasteiger partial charge on any atom is -0.373 e. The molecule has 19 heavy (non-hydrogen) atoms. The van der Waals surface area contributed by atoms with Crippen LogP contribution in [-0.2, 0) is 14.3 Å². The number of hydrogen-bond acceptors (Lipinski definition) is 3. The Hall–Kier alpha value is 0.490. The minimum atomic E-state index is -1.79. The lowest BCUT2D eigenvalue weighted by Gasteiger charge is -2.47. The van der Waals surface area contributed by atoms with E-state index in [0.29, 0.717) is 6.42 Å². The number of alkyl halides is 4. The highest BCUT2D eigenvalue weighted by Crippen LogP contribution is 2.59. The molecule has 2 fully saturated rings. The van der Waals surface area contributed by atoms with Gasteiger partial charge in [0.15, 0.2) is 0 Å². The molecule has 2 bridgehead atoms. The summed E-state index contributed by atoms with van der Waals surface area (Å²) in [5.41, 5.74) is -0.267. The molecule has 0 amide bonds. The second-order valence-electron chi connectivity index (χ2n) is 5.24. The highest BCUT2D eigenvalue weighted by molar-refractivity contribution is 6.70. The number of carbonyl (C=O) groups excluding carboxylic acids is 1. The first-order chi connectivity index (χ1) is 8.72. The van der Waals surface area contributed by atoms with E-state index in [1.54, 1.807) is 6.08 Å². The Bertz CT molecular complexity index is 470. The average molecular weight is 346 g/mol. The van der Waals surface area contributed by atoms with Crippen LogP contribution in [0.2, 0.25) is 0 Å². The monoisotopic (exact) mass is 344 g/mol. The van der Waals surface area contributed by atoms with Crippen LogP contribution >= 0.6 is 46.4 Å². The summed E-state index contributed by atoms with van der Waals surface area (Å²) in [4.78, 5) is 12.4. The van der Waals surface area contributed by atoms with Crippen LogP contribution in [0.4, 0.5) is 0 Å². The molecule has 0 aromatic rings. The number of epoxide rings is 1. The molecule has 7 heteroatoms. The number of Topliss-reactive ketones (excluding diaryl/α,β-unsaturated/α-hetero) is 1. The molecule has 2 saturated heterocycles. The number of carbonyl (C=O) groups is 1. The van der Waals surface area contributed by atoms with E-state index in [2.05, 4.69) is 0 Å². The fraction of sp³-hybridized carbons (Fsp3) is 0.750. The van der Waals surface area contributed by atoms with Crippen molar-refractivity contribution >= 4 is 52.2 Å². The number of ketones is 1. The highest BCUT2D eigenvalue weighted by atomic mass is 35.5. The van der Waals surface area contributed by atoms with Crippen molar-refractivity contribution in [2.24, 2.45) is 0 Å². The third kappa shape index (κ3) is 1.90. The lowest BCUT2D eigenvalue weighted by atomic mass is 9.83. The number of fused-ring (bicyclic) bond motifs is 2. The van der Waals surface area contributed by atoms with Crippen molar-refractivity contribution in [3.63, 3.8) is 0 Å². The zero-order valence-corrected chi connectivity index (χ0v) is 13.1. The van der Waals surface area contributed by atoms with Crippen LogP contribution in [0.3, 0.4) is 0 Å². The Balaban J connectivity index is 1.98. The third-order valence-corrected chi connectivity index (χ3v) is 5.77. The summed E-state index contributed by atoms with van der Waals surface area (Å²) in [6.07, 6.45) is 2.44. The van der Waals surface area contributed by atoms with E-state index in [1.807, 2.05) is 6.92 Å². The van der Waals surface area contributed by atoms with Crippen molar-refractivity contribution in [3.05, 3.63) is 11.6 Å². The Morgan fingerprint density at radius 2 is 2.00 bits per heavy atom. The van der Waals surface area contributed by atoms with E-state index in [-0.39, 0.29) is 6.10 Å². The molecule has 3 unspecified atom stereocenters. The van der Waals surface area contributed by atoms with Gasteiger partial charge in [0, 0.05) is 0 Å². The molecule has 0 aromatic carbocycles. The van der Waals surface area contributed by atoms with Crippen LogP contribution < -0.4 is 0 Å². The molecular weight excluding hydrogens is 334 g/mol. The van der Waals surface area contributed by atoms with E-state index >= 15 is 0 Å². The van der Waals surface area contributed by atoms with Gasteiger partial charge in [-0.3, -0.25) is 4.79 Å². The second-order valence-corrected chi connectivity index (χ2v) is 7.95. The van der Waals surface area contributed by atoms with Gasteiger partial charge in [0.2, 0.25) is 14.4 Å². The first-order valence-electron chi connectivity index (χ1n) is 6.00. The molecule has 0 saturated carbocycles. The zero-order chi connectivity index (χ0) is 14.1. The molecule has 3 atom stereocenters. The number of halogens is 4. The van der Waals surface area contributed by atoms with Gasteiger partial charge in [0.25, 0.3) is 0 Å². The fourth-order valence-electron chi connectivity index (χ4n) is 2.74. The van der Waals surface area contributed by atoms with E-state index in [9.17, 15) is 4.79 Å². The quantitative estimate of drug-likeness (QED) is 0.448. The standard InChI is InChI=1S/C12H12Cl4O3/c1-6-4-8-11(13,14)9(17)12(15,16)10(6,19-8)3-2-7-5-18-7/h4,7-8H,2-3,5H2,1H3. The van der Waals surface area contributed by atoms with E-state index in [1.165, 1.54) is 0 Å². The predicted molar refractivity (Wildman–Crippen MR) is 74.2 cm³/mol. The Labute approximate surface area is 131 Å². The Kier molecular flexibility index (Phi) is 3.23. The maximum atomic E-state index is 12.4. The molecular formula is C12H12Cl4O3. The van der Waals surface area contributed by atoms with Gasteiger partial charge in [-0.2, -0.15) is 0 Å². The maximum absolute atomic E-state index is 12.4. The molecule has 0 aromatic heterocycles. The molecule has 0 N–H and O–H groups in total. The zero-order valence-electron chi connectivity index (χ0n) is 10.1. The van der Waals surface area contributed by atoms with Gasteiger partial charge in [-0.15, -0.1) is 0 Å². The number of ether oxygens (including phenoxy) is 2. The molecule has 3 rings (SSSR count). The lowest BCUT2D eigenvalue weighted by molar-refractivity contribution is -0.143. The fourth-order valence-corrected chi connectivity index (χ4v) is 4.31. The molecule has 3 nitrogen and oxygen atoms in total. The van der Waals surface area contributed by atoms with Gasteiger partial charge in [0.05, 0.1) is 12.7 Å². The Morgan fingerprint density at radius 1 is 1.37 bits per heavy atom. The smallest absolute Gasteiger partial charge is 0.211 e. The van der Waals surface area contributed by atoms with E-state index in [0.717, 1.165) is 18.6 Å². The van der Waals surface area contributed by atoms with Gasteiger partial charge >= 0.3 is 0 Å². The average Bonchev–Trinajstić information content (AvgIpc) is 3.08.